The predicted molar refractivity (Wildman–Crippen MR) is 150 cm³/mol. The van der Waals surface area contributed by atoms with E-state index in [0.717, 1.165) is 30.3 Å². The minimum Gasteiger partial charge on any atom is -0.471 e. The van der Waals surface area contributed by atoms with E-state index in [2.05, 4.69) is 25.6 Å². The molecule has 0 saturated carbocycles. The lowest BCUT2D eigenvalue weighted by Crippen LogP contribution is -2.61. The quantitative estimate of drug-likeness (QED) is 0.118. The molecule has 21 heteroatoms. The van der Waals surface area contributed by atoms with Gasteiger partial charge >= 0.3 is 18.5 Å². The normalized spacial score (nSPS) is 13.7. The standard InChI is InChI=1S/C28H22F11N7O3/c1-25(40,28(37,38)39)23(48)41-10-12-2-7-16(27(34,35)36)17(8-12)43-24-44-18-9-15(22(45-20(18)46-24)49-11-19(29)30)21(47)42-14-5-3-13(4-6-14)26(31,32)33/h2-9,19H,10-11,40H2,1H3,(H,41,48)(H,42,47)(H2,43,44,45,46). The molecule has 2 heterocycles. The van der Waals surface area contributed by atoms with Crippen LogP contribution in [0.2, 0.25) is 0 Å². The van der Waals surface area contributed by atoms with Crippen molar-refractivity contribution in [3.63, 3.8) is 0 Å². The fourth-order valence-electron chi connectivity index (χ4n) is 4.01. The number of aromatic nitrogens is 3. The Morgan fingerprint density at radius 2 is 1.57 bits per heavy atom. The number of anilines is 3. The Morgan fingerprint density at radius 3 is 2.14 bits per heavy atom. The molecule has 0 fully saturated rings. The van der Waals surface area contributed by atoms with Gasteiger partial charge in [0.15, 0.2) is 17.8 Å². The molecule has 49 heavy (non-hydrogen) atoms. The van der Waals surface area contributed by atoms with Crippen LogP contribution in [-0.4, -0.2) is 51.5 Å². The molecule has 264 valence electrons. The van der Waals surface area contributed by atoms with E-state index < -0.39 is 89.7 Å². The molecule has 0 bridgehead atoms. The number of pyridine rings is 1. The maximum absolute atomic E-state index is 13.8. The summed E-state index contributed by atoms with van der Waals surface area (Å²) in [6, 6.07) is 6.51. The molecule has 0 saturated heterocycles. The van der Waals surface area contributed by atoms with E-state index in [1.54, 1.807) is 0 Å². The van der Waals surface area contributed by atoms with Crippen LogP contribution in [0.4, 0.5) is 65.6 Å². The summed E-state index contributed by atoms with van der Waals surface area (Å²) in [5.74, 6) is -3.87. The van der Waals surface area contributed by atoms with Gasteiger partial charge in [0.05, 0.1) is 22.3 Å². The third-order valence-corrected chi connectivity index (χ3v) is 6.66. The average Bonchev–Trinajstić information content (AvgIpc) is 3.38. The number of amides is 2. The van der Waals surface area contributed by atoms with Gasteiger partial charge in [-0.25, -0.2) is 8.78 Å². The lowest BCUT2D eigenvalue weighted by Gasteiger charge is -2.26. The maximum Gasteiger partial charge on any atom is 0.418 e. The molecule has 10 nitrogen and oxygen atoms in total. The summed E-state index contributed by atoms with van der Waals surface area (Å²) in [5.41, 5.74) is -2.45. The van der Waals surface area contributed by atoms with Gasteiger partial charge in [-0.15, -0.1) is 0 Å². The van der Waals surface area contributed by atoms with Crippen molar-refractivity contribution in [2.75, 3.05) is 17.2 Å². The molecule has 2 aromatic carbocycles. The molecule has 2 aromatic heterocycles. The number of hydrogen-bond donors (Lipinski definition) is 5. The van der Waals surface area contributed by atoms with Crippen LogP contribution >= 0.6 is 0 Å². The molecule has 2 amide bonds. The number of fused-ring (bicyclic) bond motifs is 1. The number of benzene rings is 2. The summed E-state index contributed by atoms with van der Waals surface area (Å²) in [6.07, 6.45) is -17.8. The molecule has 0 spiro atoms. The fourth-order valence-corrected chi connectivity index (χ4v) is 4.01. The molecular weight excluding hydrogens is 691 g/mol. The number of imidazole rings is 1. The van der Waals surface area contributed by atoms with Gasteiger partial charge in [0, 0.05) is 12.2 Å². The molecule has 0 aliphatic heterocycles. The molecule has 1 unspecified atom stereocenters. The van der Waals surface area contributed by atoms with Gasteiger partial charge in [0.2, 0.25) is 17.7 Å². The Kier molecular flexibility index (Phi) is 9.99. The molecule has 4 rings (SSSR count). The van der Waals surface area contributed by atoms with Gasteiger partial charge in [-0.05, 0) is 55.0 Å². The van der Waals surface area contributed by atoms with Crippen LogP contribution in [0, 0.1) is 0 Å². The lowest BCUT2D eigenvalue weighted by atomic mass is 10.0. The van der Waals surface area contributed by atoms with Gasteiger partial charge < -0.3 is 31.4 Å². The topological polar surface area (TPSA) is 147 Å². The smallest absolute Gasteiger partial charge is 0.418 e. The minimum absolute atomic E-state index is 0.0963. The van der Waals surface area contributed by atoms with Gasteiger partial charge in [-0.1, -0.05) is 6.07 Å². The van der Waals surface area contributed by atoms with E-state index in [-0.39, 0.29) is 22.4 Å². The van der Waals surface area contributed by atoms with E-state index in [0.29, 0.717) is 25.1 Å². The summed E-state index contributed by atoms with van der Waals surface area (Å²) >= 11 is 0. The summed E-state index contributed by atoms with van der Waals surface area (Å²) in [5, 5.41) is 6.49. The first-order valence-electron chi connectivity index (χ1n) is 13.5. The first kappa shape index (κ1) is 36.6. The van der Waals surface area contributed by atoms with Crippen molar-refractivity contribution in [2.45, 2.75) is 44.0 Å². The van der Waals surface area contributed by atoms with Crippen molar-refractivity contribution in [1.29, 1.82) is 0 Å². The number of ether oxygens (including phenoxy) is 1. The van der Waals surface area contributed by atoms with Crippen LogP contribution in [0.3, 0.4) is 0 Å². The number of carbonyl (C=O) groups excluding carboxylic acids is 2. The van der Waals surface area contributed by atoms with Crippen LogP contribution in [0.15, 0.2) is 48.5 Å². The van der Waals surface area contributed by atoms with Crippen LogP contribution in [0.25, 0.3) is 11.2 Å². The fraction of sp³-hybridized carbons (Fsp3) is 0.286. The van der Waals surface area contributed by atoms with Gasteiger partial charge in [0.25, 0.3) is 12.3 Å². The SMILES string of the molecule is CC(N)(C(=O)NCc1ccc(C(F)(F)F)c(Nc2nc3nc(OCC(F)F)c(C(=O)Nc4ccc(C(F)(F)F)cc4)cc3[nH]2)c1)C(F)(F)F. The number of alkyl halides is 11. The monoisotopic (exact) mass is 713 g/mol. The van der Waals surface area contributed by atoms with Crippen molar-refractivity contribution in [2.24, 2.45) is 5.73 Å². The maximum atomic E-state index is 13.8. The zero-order valence-electron chi connectivity index (χ0n) is 24.5. The number of nitrogens with one attached hydrogen (secondary N) is 4. The average molecular weight is 714 g/mol. The van der Waals surface area contributed by atoms with E-state index in [1.165, 1.54) is 0 Å². The van der Waals surface area contributed by atoms with Crippen LogP contribution in [-0.2, 0) is 23.7 Å². The zero-order chi connectivity index (χ0) is 36.5. The molecule has 0 aliphatic carbocycles. The molecule has 6 N–H and O–H groups in total. The van der Waals surface area contributed by atoms with E-state index in [9.17, 15) is 57.9 Å². The Bertz CT molecular complexity index is 1840. The number of hydrogen-bond acceptors (Lipinski definition) is 7. The number of H-pyrrole nitrogens is 1. The Hall–Kier alpha value is -5.21. The van der Waals surface area contributed by atoms with Crippen LogP contribution in [0.1, 0.15) is 34.0 Å². The minimum atomic E-state index is -5.13. The largest absolute Gasteiger partial charge is 0.471 e. The highest BCUT2D eigenvalue weighted by Gasteiger charge is 2.53. The summed E-state index contributed by atoms with van der Waals surface area (Å²) in [7, 11) is 0. The molecule has 0 aliphatic rings. The Balaban J connectivity index is 1.65. The van der Waals surface area contributed by atoms with Crippen molar-refractivity contribution in [3.05, 3.63) is 70.8 Å². The van der Waals surface area contributed by atoms with Crippen LogP contribution in [0.5, 0.6) is 5.88 Å². The highest BCUT2D eigenvalue weighted by atomic mass is 19.4. The molecule has 0 radical (unpaired) electrons. The third kappa shape index (κ3) is 8.64. The van der Waals surface area contributed by atoms with E-state index in [4.69, 9.17) is 10.5 Å². The summed E-state index contributed by atoms with van der Waals surface area (Å²) in [4.78, 5) is 35.4. The first-order valence-corrected chi connectivity index (χ1v) is 13.5. The summed E-state index contributed by atoms with van der Waals surface area (Å²) < 4.78 is 150. The third-order valence-electron chi connectivity index (χ3n) is 6.66. The Morgan fingerprint density at radius 1 is 0.918 bits per heavy atom. The van der Waals surface area contributed by atoms with E-state index in [1.807, 2.05) is 5.32 Å². The Labute approximate surface area is 267 Å². The zero-order valence-corrected chi connectivity index (χ0v) is 24.5. The number of rotatable bonds is 10. The second-order valence-corrected chi connectivity index (χ2v) is 10.4. The first-order chi connectivity index (χ1) is 22.6. The second-order valence-electron chi connectivity index (χ2n) is 10.4. The number of carbonyl (C=O) groups is 2. The van der Waals surface area contributed by atoms with Crippen molar-refractivity contribution in [3.8, 4) is 5.88 Å². The highest BCUT2D eigenvalue weighted by Crippen LogP contribution is 2.37. The number of nitrogens with zero attached hydrogens (tertiary/aromatic N) is 2. The van der Waals surface area contributed by atoms with Crippen molar-refractivity contribution >= 4 is 40.3 Å². The number of nitrogens with two attached hydrogens (primary N) is 1. The van der Waals surface area contributed by atoms with Gasteiger partial charge in [-0.2, -0.15) is 49.5 Å². The van der Waals surface area contributed by atoms with Gasteiger partial charge in [-0.3, -0.25) is 9.59 Å². The lowest BCUT2D eigenvalue weighted by molar-refractivity contribution is -0.187. The van der Waals surface area contributed by atoms with Crippen molar-refractivity contribution in [1.82, 2.24) is 20.3 Å². The summed E-state index contributed by atoms with van der Waals surface area (Å²) in [6.45, 7) is -1.51. The number of halogens is 11. The van der Waals surface area contributed by atoms with E-state index >= 15 is 0 Å². The highest BCUT2D eigenvalue weighted by molar-refractivity contribution is 6.07. The number of aromatic amines is 1. The predicted octanol–water partition coefficient (Wildman–Crippen LogP) is 6.53. The van der Waals surface area contributed by atoms with Crippen molar-refractivity contribution < 1.29 is 62.6 Å². The molecular formula is C28H22F11N7O3. The second kappa shape index (κ2) is 13.4. The molecule has 4 aromatic rings. The molecule has 1 atom stereocenters. The van der Waals surface area contributed by atoms with Gasteiger partial charge in [0.1, 0.15) is 5.56 Å². The van der Waals surface area contributed by atoms with Crippen LogP contribution < -0.4 is 26.4 Å².